The molecule has 0 aromatic rings. The fourth-order valence-corrected chi connectivity index (χ4v) is 1.95. The summed E-state index contributed by atoms with van der Waals surface area (Å²) in [6.07, 6.45) is 0.302. The fourth-order valence-electron chi connectivity index (χ4n) is 1.95. The Labute approximate surface area is 99.2 Å². The van der Waals surface area contributed by atoms with Gasteiger partial charge >= 0.3 is 0 Å². The molecule has 94 valence electrons. The van der Waals surface area contributed by atoms with Gasteiger partial charge in [-0.25, -0.2) is 0 Å². The maximum absolute atomic E-state index is 11.4. The highest BCUT2D eigenvalue weighted by atomic mass is 18.2. The second-order valence-corrected chi connectivity index (χ2v) is 4.24. The van der Waals surface area contributed by atoms with Crippen LogP contribution in [0.3, 0.4) is 0 Å². The number of rotatable bonds is 2. The number of carbonyl (C=O) groups is 1. The molecule has 1 amide bonds. The largest absolute Gasteiger partial charge is 0.394 e. The predicted octanol–water partition coefficient (Wildman–Crippen LogP) is -0.739. The maximum Gasteiger partial charge on any atom is 0.253 e. The van der Waals surface area contributed by atoms with Gasteiger partial charge in [0.05, 0.1) is 12.7 Å². The highest BCUT2D eigenvalue weighted by molar-refractivity contribution is 5.94. The van der Waals surface area contributed by atoms with Gasteiger partial charge in [0.1, 0.15) is 18.2 Å². The number of nitrogens with one attached hydrogen (secondary N) is 1. The van der Waals surface area contributed by atoms with E-state index >= 15 is 0 Å². The van der Waals surface area contributed by atoms with Crippen molar-refractivity contribution in [3.8, 4) is 0 Å². The van der Waals surface area contributed by atoms with E-state index < -0.39 is 18.4 Å². The second-order valence-electron chi connectivity index (χ2n) is 4.24. The Kier molecular flexibility index (Phi) is 3.19. The summed E-state index contributed by atoms with van der Waals surface area (Å²) in [6.45, 7) is 5.18. The molecule has 1 fully saturated rings. The first-order valence-electron chi connectivity index (χ1n) is 5.44. The molecule has 17 heavy (non-hydrogen) atoms. The quantitative estimate of drug-likeness (QED) is 0.556. The van der Waals surface area contributed by atoms with Crippen molar-refractivity contribution >= 4 is 5.91 Å². The standard InChI is InChI=1S/C11H16N2O4/c1-6-4-13(7(2)12-11(6)16)10-3-8(15)9(5-14)17-10/h4,8-10,14-15H,2-3,5H2,1H3,(H,12,16)/t8-,9-,10-/m1/s1/i15+2. The number of ether oxygens (including phenoxy) is 1. The van der Waals surface area contributed by atoms with Gasteiger partial charge in [0.15, 0.2) is 0 Å². The third-order valence-electron chi connectivity index (χ3n) is 2.95. The number of nitrogens with zero attached hydrogens (tertiary/aromatic N) is 1. The summed E-state index contributed by atoms with van der Waals surface area (Å²) in [7, 11) is 0. The van der Waals surface area contributed by atoms with E-state index in [1.165, 1.54) is 0 Å². The molecule has 2 heterocycles. The molecule has 1 saturated heterocycles. The lowest BCUT2D eigenvalue weighted by Crippen LogP contribution is -2.42. The maximum atomic E-state index is 11.4. The molecule has 0 unspecified atom stereocenters. The van der Waals surface area contributed by atoms with E-state index in [2.05, 4.69) is 11.9 Å². The molecule has 0 aromatic heterocycles. The number of aliphatic hydroxyl groups excluding tert-OH is 2. The van der Waals surface area contributed by atoms with Crippen LogP contribution in [0.2, 0.25) is 0 Å². The predicted molar refractivity (Wildman–Crippen MR) is 59.2 cm³/mol. The zero-order chi connectivity index (χ0) is 12.6. The summed E-state index contributed by atoms with van der Waals surface area (Å²) in [6, 6.07) is 0. The molecule has 0 saturated carbocycles. The smallest absolute Gasteiger partial charge is 0.253 e. The van der Waals surface area contributed by atoms with Crippen molar-refractivity contribution < 1.29 is 19.7 Å². The third kappa shape index (κ3) is 2.19. The number of aliphatic hydroxyl groups is 2. The van der Waals surface area contributed by atoms with Crippen molar-refractivity contribution in [2.24, 2.45) is 0 Å². The molecule has 0 bridgehead atoms. The third-order valence-corrected chi connectivity index (χ3v) is 2.95. The van der Waals surface area contributed by atoms with Crippen LogP contribution in [0.4, 0.5) is 0 Å². The van der Waals surface area contributed by atoms with Crippen LogP contribution < -0.4 is 5.32 Å². The summed E-state index contributed by atoms with van der Waals surface area (Å²) in [5, 5.41) is 21.2. The molecule has 2 rings (SSSR count). The zero-order valence-electron chi connectivity index (χ0n) is 9.59. The molecule has 3 atom stereocenters. The summed E-state index contributed by atoms with van der Waals surface area (Å²) < 4.78 is 5.49. The van der Waals surface area contributed by atoms with Gasteiger partial charge in [-0.05, 0) is 6.92 Å². The summed E-state index contributed by atoms with van der Waals surface area (Å²) in [4.78, 5) is 13.0. The van der Waals surface area contributed by atoms with Gasteiger partial charge in [-0.2, -0.15) is 0 Å². The van der Waals surface area contributed by atoms with Crippen molar-refractivity contribution in [1.82, 2.24) is 10.2 Å². The first kappa shape index (κ1) is 12.1. The fraction of sp³-hybridized carbons (Fsp3) is 0.545. The average molecular weight is 242 g/mol. The van der Waals surface area contributed by atoms with Crippen LogP contribution in [0, 0.1) is 0 Å². The van der Waals surface area contributed by atoms with Gasteiger partial charge < -0.3 is 25.2 Å². The molecule has 2 aliphatic heterocycles. The van der Waals surface area contributed by atoms with E-state index in [0.717, 1.165) is 0 Å². The molecule has 6 nitrogen and oxygen atoms in total. The molecule has 0 aromatic carbocycles. The molecule has 6 heteroatoms. The van der Waals surface area contributed by atoms with Crippen LogP contribution in [-0.2, 0) is 9.53 Å². The lowest BCUT2D eigenvalue weighted by Gasteiger charge is -2.32. The molecular formula is C11H16N2O4. The minimum Gasteiger partial charge on any atom is -0.394 e. The Hall–Kier alpha value is -1.37. The average Bonchev–Trinajstić information content (AvgIpc) is 2.65. The minimum absolute atomic E-state index is 0.191. The first-order chi connectivity index (χ1) is 8.02. The lowest BCUT2D eigenvalue weighted by atomic mass is 10.2. The zero-order valence-corrected chi connectivity index (χ0v) is 9.59. The SMILES string of the molecule is C=C1NC(=O)C(C)=CN1[C@H]1C[C@@H]([18OH])[C@@H](CO)O1. The monoisotopic (exact) mass is 242 g/mol. The topological polar surface area (TPSA) is 82.0 Å². The first-order valence-corrected chi connectivity index (χ1v) is 5.44. The normalized spacial score (nSPS) is 33.7. The number of amides is 1. The summed E-state index contributed by atoms with van der Waals surface area (Å²) in [5.41, 5.74) is 0.544. The van der Waals surface area contributed by atoms with Crippen molar-refractivity contribution in [3.63, 3.8) is 0 Å². The van der Waals surface area contributed by atoms with Gasteiger partial charge in [-0.3, -0.25) is 4.79 Å². The minimum atomic E-state index is -0.705. The molecule has 3 N–H and O–H groups in total. The van der Waals surface area contributed by atoms with E-state index in [0.29, 0.717) is 17.8 Å². The van der Waals surface area contributed by atoms with Crippen LogP contribution in [0.1, 0.15) is 13.3 Å². The van der Waals surface area contributed by atoms with E-state index in [-0.39, 0.29) is 12.5 Å². The summed E-state index contributed by atoms with van der Waals surface area (Å²) in [5.74, 6) is 0.222. The van der Waals surface area contributed by atoms with Gasteiger partial charge in [0, 0.05) is 18.2 Å². The van der Waals surface area contributed by atoms with Crippen molar-refractivity contribution in [3.05, 3.63) is 24.2 Å². The van der Waals surface area contributed by atoms with Crippen LogP contribution >= 0.6 is 0 Å². The van der Waals surface area contributed by atoms with Gasteiger partial charge in [-0.1, -0.05) is 6.58 Å². The van der Waals surface area contributed by atoms with Gasteiger partial charge in [-0.15, -0.1) is 0 Å². The Morgan fingerprint density at radius 2 is 2.47 bits per heavy atom. The van der Waals surface area contributed by atoms with E-state index in [1.54, 1.807) is 18.0 Å². The van der Waals surface area contributed by atoms with Gasteiger partial charge in [0.2, 0.25) is 0 Å². The highest BCUT2D eigenvalue weighted by Crippen LogP contribution is 2.27. The Bertz CT molecular complexity index is 380. The molecule has 0 radical (unpaired) electrons. The second kappa shape index (κ2) is 4.48. The Balaban J connectivity index is 2.13. The Morgan fingerprint density at radius 1 is 1.76 bits per heavy atom. The van der Waals surface area contributed by atoms with Crippen LogP contribution in [0.15, 0.2) is 24.2 Å². The number of hydrogen-bond donors (Lipinski definition) is 3. The van der Waals surface area contributed by atoms with Crippen molar-refractivity contribution in [2.45, 2.75) is 31.8 Å². The lowest BCUT2D eigenvalue weighted by molar-refractivity contribution is -0.118. The van der Waals surface area contributed by atoms with Crippen LogP contribution in [0.25, 0.3) is 0 Å². The van der Waals surface area contributed by atoms with Crippen molar-refractivity contribution in [2.75, 3.05) is 6.61 Å². The van der Waals surface area contributed by atoms with E-state index in [4.69, 9.17) is 9.84 Å². The molecule has 2 aliphatic rings. The molecule has 0 aliphatic carbocycles. The van der Waals surface area contributed by atoms with Crippen LogP contribution in [-0.4, -0.2) is 46.1 Å². The van der Waals surface area contributed by atoms with Crippen molar-refractivity contribution in [1.29, 1.82) is 0 Å². The molecular weight excluding hydrogens is 226 g/mol. The Morgan fingerprint density at radius 3 is 3.06 bits per heavy atom. The van der Waals surface area contributed by atoms with Gasteiger partial charge in [0.25, 0.3) is 5.91 Å². The molecule has 0 spiro atoms. The number of hydrogen-bond acceptors (Lipinski definition) is 5. The highest BCUT2D eigenvalue weighted by Gasteiger charge is 2.38. The van der Waals surface area contributed by atoms with E-state index in [1.807, 2.05) is 0 Å². The number of carbonyl (C=O) groups excluding carboxylic acids is 1. The van der Waals surface area contributed by atoms with E-state index in [9.17, 15) is 9.90 Å². The summed E-state index contributed by atoms with van der Waals surface area (Å²) >= 11 is 0. The van der Waals surface area contributed by atoms with Crippen LogP contribution in [0.5, 0.6) is 0 Å².